The quantitative estimate of drug-likeness (QED) is 0.905. The van der Waals surface area contributed by atoms with Gasteiger partial charge in [-0.25, -0.2) is 9.97 Å². The molecule has 0 bridgehead atoms. The fourth-order valence-electron chi connectivity index (χ4n) is 2.54. The predicted molar refractivity (Wildman–Crippen MR) is 77.8 cm³/mol. The first-order chi connectivity index (χ1) is 9.24. The summed E-state index contributed by atoms with van der Waals surface area (Å²) in [5.74, 6) is 2.13. The zero-order chi connectivity index (χ0) is 13.2. The van der Waals surface area contributed by atoms with Gasteiger partial charge in [0.25, 0.3) is 0 Å². The van der Waals surface area contributed by atoms with Crippen LogP contribution in [0.5, 0.6) is 0 Å². The fourth-order valence-corrected chi connectivity index (χ4v) is 2.54. The minimum atomic E-state index is 0.476. The molecule has 3 rings (SSSR count). The number of nitrogens with zero attached hydrogens (tertiary/aromatic N) is 3. The molecule has 104 valence electrons. The number of rotatable bonds is 3. The van der Waals surface area contributed by atoms with Crippen molar-refractivity contribution in [3.8, 4) is 0 Å². The number of anilines is 1. The minimum Gasteiger partial charge on any atom is -0.339 e. The van der Waals surface area contributed by atoms with Gasteiger partial charge in [0.1, 0.15) is 0 Å². The van der Waals surface area contributed by atoms with Crippen LogP contribution in [0, 0.1) is 0 Å². The van der Waals surface area contributed by atoms with Crippen LogP contribution in [-0.2, 0) is 0 Å². The first-order valence-corrected chi connectivity index (χ1v) is 7.58. The van der Waals surface area contributed by atoms with Gasteiger partial charge < -0.3 is 10.2 Å². The maximum Gasteiger partial charge on any atom is 0.225 e. The largest absolute Gasteiger partial charge is 0.339 e. The summed E-state index contributed by atoms with van der Waals surface area (Å²) in [6.45, 7) is 8.66. The molecule has 1 N–H and O–H groups in total. The van der Waals surface area contributed by atoms with Crippen molar-refractivity contribution in [2.24, 2.45) is 0 Å². The van der Waals surface area contributed by atoms with E-state index in [0.717, 1.165) is 32.1 Å². The van der Waals surface area contributed by atoms with Crippen molar-refractivity contribution in [3.63, 3.8) is 0 Å². The van der Waals surface area contributed by atoms with Crippen molar-refractivity contribution in [2.45, 2.75) is 44.9 Å². The Morgan fingerprint density at radius 3 is 2.79 bits per heavy atom. The van der Waals surface area contributed by atoms with E-state index in [4.69, 9.17) is 9.97 Å². The number of aromatic nitrogens is 2. The number of hydrogen-bond donors (Lipinski definition) is 1. The van der Waals surface area contributed by atoms with Crippen LogP contribution < -0.4 is 10.2 Å². The van der Waals surface area contributed by atoms with E-state index in [1.165, 1.54) is 30.7 Å². The molecule has 0 amide bonds. The third-order valence-electron chi connectivity index (χ3n) is 3.96. The van der Waals surface area contributed by atoms with Crippen LogP contribution in [0.15, 0.2) is 6.07 Å². The van der Waals surface area contributed by atoms with Gasteiger partial charge in [0, 0.05) is 36.9 Å². The van der Waals surface area contributed by atoms with Gasteiger partial charge in [0.05, 0.1) is 0 Å². The van der Waals surface area contributed by atoms with Crippen LogP contribution >= 0.6 is 0 Å². The maximum absolute atomic E-state index is 4.83. The normalized spacial score (nSPS) is 20.7. The monoisotopic (exact) mass is 260 g/mol. The molecule has 4 nitrogen and oxygen atoms in total. The van der Waals surface area contributed by atoms with Gasteiger partial charge in [-0.3, -0.25) is 0 Å². The van der Waals surface area contributed by atoms with Crippen molar-refractivity contribution in [1.82, 2.24) is 15.3 Å². The average molecular weight is 260 g/mol. The molecule has 0 atom stereocenters. The van der Waals surface area contributed by atoms with Crippen molar-refractivity contribution >= 4 is 5.95 Å². The van der Waals surface area contributed by atoms with Gasteiger partial charge in [-0.15, -0.1) is 0 Å². The molecular formula is C15H24N4. The molecule has 0 aromatic carbocycles. The zero-order valence-electron chi connectivity index (χ0n) is 12.0. The second-order valence-electron chi connectivity index (χ2n) is 6.04. The Labute approximate surface area is 115 Å². The standard InChI is InChI=1S/C15H24N4/c1-11(2)13-10-14(12-4-5-12)18-15(17-13)19-8-3-6-16-7-9-19/h10-12,16H,3-9H2,1-2H3. The summed E-state index contributed by atoms with van der Waals surface area (Å²) in [5.41, 5.74) is 2.47. The van der Waals surface area contributed by atoms with Gasteiger partial charge in [0.15, 0.2) is 0 Å². The molecular weight excluding hydrogens is 236 g/mol. The summed E-state index contributed by atoms with van der Waals surface area (Å²) in [6.07, 6.45) is 3.78. The van der Waals surface area contributed by atoms with Crippen LogP contribution in [0.1, 0.15) is 56.3 Å². The minimum absolute atomic E-state index is 0.476. The molecule has 1 aliphatic heterocycles. The molecule has 19 heavy (non-hydrogen) atoms. The lowest BCUT2D eigenvalue weighted by Gasteiger charge is -2.21. The molecule has 0 spiro atoms. The average Bonchev–Trinajstić information content (AvgIpc) is 3.25. The molecule has 0 unspecified atom stereocenters. The Kier molecular flexibility index (Phi) is 3.69. The van der Waals surface area contributed by atoms with E-state index in [9.17, 15) is 0 Å². The Hall–Kier alpha value is -1.16. The smallest absolute Gasteiger partial charge is 0.225 e. The Balaban J connectivity index is 1.89. The molecule has 1 aromatic heterocycles. The Morgan fingerprint density at radius 1 is 1.21 bits per heavy atom. The van der Waals surface area contributed by atoms with Gasteiger partial charge >= 0.3 is 0 Å². The van der Waals surface area contributed by atoms with Crippen molar-refractivity contribution in [3.05, 3.63) is 17.5 Å². The first-order valence-electron chi connectivity index (χ1n) is 7.58. The molecule has 1 aromatic rings. The molecule has 2 fully saturated rings. The van der Waals surface area contributed by atoms with Crippen molar-refractivity contribution in [2.75, 3.05) is 31.1 Å². The maximum atomic E-state index is 4.83. The molecule has 2 aliphatic rings. The third kappa shape index (κ3) is 3.06. The highest BCUT2D eigenvalue weighted by Crippen LogP contribution is 2.40. The van der Waals surface area contributed by atoms with Crippen molar-refractivity contribution < 1.29 is 0 Å². The topological polar surface area (TPSA) is 41.1 Å². The first kappa shape index (κ1) is 12.9. The van der Waals surface area contributed by atoms with Gasteiger partial charge in [-0.2, -0.15) is 0 Å². The molecule has 1 saturated carbocycles. The molecule has 2 heterocycles. The van der Waals surface area contributed by atoms with Gasteiger partial charge in [0.2, 0.25) is 5.95 Å². The summed E-state index contributed by atoms with van der Waals surface area (Å²) in [5, 5.41) is 3.44. The second-order valence-corrected chi connectivity index (χ2v) is 6.04. The van der Waals surface area contributed by atoms with E-state index in [1.807, 2.05) is 0 Å². The van der Waals surface area contributed by atoms with E-state index in [1.54, 1.807) is 0 Å². The van der Waals surface area contributed by atoms with E-state index in [0.29, 0.717) is 11.8 Å². The lowest BCUT2D eigenvalue weighted by molar-refractivity contribution is 0.724. The second kappa shape index (κ2) is 5.45. The number of nitrogens with one attached hydrogen (secondary N) is 1. The summed E-state index contributed by atoms with van der Waals surface area (Å²) in [6, 6.07) is 2.22. The lowest BCUT2D eigenvalue weighted by atomic mass is 10.1. The van der Waals surface area contributed by atoms with Crippen molar-refractivity contribution in [1.29, 1.82) is 0 Å². The highest BCUT2D eigenvalue weighted by molar-refractivity contribution is 5.35. The summed E-state index contributed by atoms with van der Waals surface area (Å²) < 4.78 is 0. The van der Waals surface area contributed by atoms with E-state index < -0.39 is 0 Å². The highest BCUT2D eigenvalue weighted by Gasteiger charge is 2.27. The lowest BCUT2D eigenvalue weighted by Crippen LogP contribution is -2.30. The summed E-state index contributed by atoms with van der Waals surface area (Å²) in [4.78, 5) is 12.0. The van der Waals surface area contributed by atoms with Crippen LogP contribution in [0.2, 0.25) is 0 Å². The van der Waals surface area contributed by atoms with E-state index in [2.05, 4.69) is 30.1 Å². The fraction of sp³-hybridized carbons (Fsp3) is 0.733. The summed E-state index contributed by atoms with van der Waals surface area (Å²) >= 11 is 0. The molecule has 1 saturated heterocycles. The Morgan fingerprint density at radius 2 is 2.05 bits per heavy atom. The van der Waals surface area contributed by atoms with Crippen LogP contribution in [-0.4, -0.2) is 36.1 Å². The Bertz CT molecular complexity index is 412. The summed E-state index contributed by atoms with van der Waals surface area (Å²) in [7, 11) is 0. The van der Waals surface area contributed by atoms with Crippen LogP contribution in [0.4, 0.5) is 5.95 Å². The predicted octanol–water partition coefficient (Wildman–Crippen LogP) is 2.28. The van der Waals surface area contributed by atoms with Crippen LogP contribution in [0.25, 0.3) is 0 Å². The zero-order valence-corrected chi connectivity index (χ0v) is 12.0. The van der Waals surface area contributed by atoms with Crippen LogP contribution in [0.3, 0.4) is 0 Å². The van der Waals surface area contributed by atoms with Gasteiger partial charge in [-0.1, -0.05) is 13.8 Å². The van der Waals surface area contributed by atoms with E-state index in [-0.39, 0.29) is 0 Å². The van der Waals surface area contributed by atoms with Gasteiger partial charge in [-0.05, 0) is 37.8 Å². The molecule has 1 aliphatic carbocycles. The SMILES string of the molecule is CC(C)c1cc(C2CC2)nc(N2CCCNCC2)n1. The molecule has 4 heteroatoms. The van der Waals surface area contributed by atoms with E-state index >= 15 is 0 Å². The number of hydrogen-bond acceptors (Lipinski definition) is 4. The third-order valence-corrected chi connectivity index (χ3v) is 3.96. The highest BCUT2D eigenvalue weighted by atomic mass is 15.3. The molecule has 0 radical (unpaired) electrons.